The predicted octanol–water partition coefficient (Wildman–Crippen LogP) is -2.48. The molecule has 8 heavy (non-hydrogen) atoms. The molecule has 0 amide bonds. The molecule has 0 saturated heterocycles. The van der Waals surface area contributed by atoms with Gasteiger partial charge in [-0.05, 0) is 0 Å². The van der Waals surface area contributed by atoms with Gasteiger partial charge in [0.1, 0.15) is 0 Å². The summed E-state index contributed by atoms with van der Waals surface area (Å²) < 4.78 is 24.0. The molecule has 0 fully saturated rings. The molecule has 2 N–H and O–H groups in total. The Labute approximate surface area is 76.5 Å². The first-order valence-electron chi connectivity index (χ1n) is 1.41. The van der Waals surface area contributed by atoms with Gasteiger partial charge in [0, 0.05) is 11.2 Å². The van der Waals surface area contributed by atoms with Crippen LogP contribution in [0.4, 0.5) is 0 Å². The molecule has 0 aromatic carbocycles. The third-order valence-corrected chi connectivity index (χ3v) is 0. The second kappa shape index (κ2) is 8.29. The van der Waals surface area contributed by atoms with Crippen LogP contribution in [0.15, 0.2) is 0 Å². The zero-order valence-corrected chi connectivity index (χ0v) is 8.46. The first-order chi connectivity index (χ1) is 3.00. The summed E-state index contributed by atoms with van der Waals surface area (Å²) in [4.78, 5) is 0. The minimum atomic E-state index is -3.83. The second-order valence-electron chi connectivity index (χ2n) is 0.448. The van der Waals surface area contributed by atoms with Crippen molar-refractivity contribution in [1.82, 2.24) is 0 Å². The van der Waals surface area contributed by atoms with Crippen LogP contribution in [0.1, 0.15) is 6.92 Å². The van der Waals surface area contributed by atoms with Crippen molar-refractivity contribution in [2.24, 2.45) is 0 Å². The fourth-order valence-electron chi connectivity index (χ4n) is 0. The Hall–Kier alpha value is 1.29. The van der Waals surface area contributed by atoms with Gasteiger partial charge in [0.25, 0.3) is 9.05 Å². The molecule has 0 aliphatic rings. The summed E-state index contributed by atoms with van der Waals surface area (Å²) in [5, 5.41) is 0. The average Bonchev–Trinajstić information content (AvgIpc) is 1.36. The van der Waals surface area contributed by atoms with Crippen LogP contribution in [0.2, 0.25) is 0 Å². The normalized spacial score (nSPS) is 8.00. The van der Waals surface area contributed by atoms with Gasteiger partial charge in [-0.3, -0.25) is 9.11 Å². The third-order valence-electron chi connectivity index (χ3n) is 0. The molecule has 0 bridgehead atoms. The Balaban J connectivity index is -0.0000000750. The van der Waals surface area contributed by atoms with Gasteiger partial charge in [0.05, 0.1) is 0 Å². The van der Waals surface area contributed by atoms with Gasteiger partial charge in [0.15, 0.2) is 0 Å². The van der Waals surface area contributed by atoms with Gasteiger partial charge >= 0.3 is 29.6 Å². The van der Waals surface area contributed by atoms with Gasteiger partial charge in [-0.25, -0.2) is 0 Å². The van der Waals surface area contributed by atoms with Gasteiger partial charge in [-0.1, -0.05) is 0 Å². The van der Waals surface area contributed by atoms with E-state index in [0.717, 1.165) is 0 Å². The predicted molar refractivity (Wildman–Crippen MR) is 31.8 cm³/mol. The van der Waals surface area contributed by atoms with Crippen molar-refractivity contribution in [1.29, 1.82) is 0 Å². The monoisotopic (exact) mass is 166 g/mol. The molecular formula is C2H7NaO3S2. The molecule has 0 aliphatic carbocycles. The maximum absolute atomic E-state index is 9.11. The third kappa shape index (κ3) is 173. The van der Waals surface area contributed by atoms with Crippen LogP contribution in [0.25, 0.3) is 0 Å². The van der Waals surface area contributed by atoms with Crippen molar-refractivity contribution < 1.29 is 42.9 Å². The molecule has 0 radical (unpaired) electrons. The fraction of sp³-hybridized carbons (Fsp3) is 0.500. The summed E-state index contributed by atoms with van der Waals surface area (Å²) in [6.07, 6.45) is 0. The maximum Gasteiger partial charge on any atom is 1.00 e. The van der Waals surface area contributed by atoms with E-state index in [1.807, 2.05) is 0 Å². The topological polar surface area (TPSA) is 57.5 Å². The Morgan fingerprint density at radius 1 is 1.50 bits per heavy atom. The second-order valence-corrected chi connectivity index (χ2v) is 2.65. The smallest absolute Gasteiger partial charge is 0.346 e. The summed E-state index contributed by atoms with van der Waals surface area (Å²) in [6.45, 7) is 5.00. The molecule has 0 spiro atoms. The molecule has 46 valence electrons. The van der Waals surface area contributed by atoms with Gasteiger partial charge in [0.2, 0.25) is 0 Å². The molecule has 0 aromatic heterocycles. The largest absolute Gasteiger partial charge is 1.00 e. The van der Waals surface area contributed by atoms with Crippen LogP contribution in [0, 0.1) is 6.92 Å². The van der Waals surface area contributed by atoms with E-state index in [1.165, 1.54) is 0 Å². The molecule has 0 saturated carbocycles. The van der Waals surface area contributed by atoms with Gasteiger partial charge in [-0.2, -0.15) is 11.1 Å². The minimum Gasteiger partial charge on any atom is -0.346 e. The van der Waals surface area contributed by atoms with E-state index >= 15 is 0 Å². The van der Waals surface area contributed by atoms with E-state index in [4.69, 9.17) is 13.3 Å². The van der Waals surface area contributed by atoms with Crippen LogP contribution < -0.4 is 29.6 Å². The van der Waals surface area contributed by atoms with Crippen molar-refractivity contribution in [2.45, 2.75) is 6.92 Å². The summed E-state index contributed by atoms with van der Waals surface area (Å²) in [5.41, 5.74) is 0. The van der Waals surface area contributed by atoms with Crippen LogP contribution in [0.5, 0.6) is 0 Å². The quantitative estimate of drug-likeness (QED) is 0.309. The van der Waals surface area contributed by atoms with Crippen molar-refractivity contribution in [3.05, 3.63) is 6.92 Å². The van der Waals surface area contributed by atoms with Crippen molar-refractivity contribution in [3.8, 4) is 0 Å². The molecule has 0 aromatic rings. The van der Waals surface area contributed by atoms with E-state index in [-0.39, 0.29) is 29.6 Å². The van der Waals surface area contributed by atoms with E-state index < -0.39 is 9.05 Å². The summed E-state index contributed by atoms with van der Waals surface area (Å²) in [7, 11) is -3.83. The first-order valence-corrected chi connectivity index (χ1v) is 3.80. The maximum atomic E-state index is 9.11. The molecule has 0 heterocycles. The van der Waals surface area contributed by atoms with Crippen LogP contribution in [-0.2, 0) is 20.2 Å². The summed E-state index contributed by atoms with van der Waals surface area (Å²) in [6, 6.07) is 0. The zero-order valence-electron chi connectivity index (χ0n) is 4.83. The van der Waals surface area contributed by atoms with E-state index in [9.17, 15) is 0 Å². The van der Waals surface area contributed by atoms with E-state index in [0.29, 0.717) is 0 Å². The average molecular weight is 166 g/mol. The zero-order chi connectivity index (χ0) is 6.50. The van der Waals surface area contributed by atoms with Crippen LogP contribution in [-0.4, -0.2) is 13.3 Å². The summed E-state index contributed by atoms with van der Waals surface area (Å²) >= 11 is 3.47. The van der Waals surface area contributed by atoms with Crippen molar-refractivity contribution in [2.75, 3.05) is 0 Å². The van der Waals surface area contributed by atoms with E-state index in [1.54, 1.807) is 6.92 Å². The summed E-state index contributed by atoms with van der Waals surface area (Å²) in [5.74, 6) is 0. The SMILES string of the molecule is O=S(O)(O)=S.[CH2-]C.[Na+]. The first kappa shape index (κ1) is 16.1. The molecule has 0 rings (SSSR count). The van der Waals surface area contributed by atoms with Gasteiger partial charge < -0.3 is 6.92 Å². The standard InChI is InChI=1S/C2H5.Na.H2O3S2/c1-2;;1-5(2,3)4/h1H2,2H3;;(H2,1,2,3,4)/q-1;+1;. The van der Waals surface area contributed by atoms with Crippen LogP contribution >= 0.6 is 0 Å². The Kier molecular flexibility index (Phi) is 16.7. The molecule has 0 aliphatic heterocycles. The van der Waals surface area contributed by atoms with Crippen molar-refractivity contribution in [3.63, 3.8) is 0 Å². The molecular weight excluding hydrogens is 159 g/mol. The Bertz CT molecular complexity index is 98.5. The fourth-order valence-corrected chi connectivity index (χ4v) is 0. The number of hydrogen-bond donors (Lipinski definition) is 2. The molecule has 3 nitrogen and oxygen atoms in total. The Morgan fingerprint density at radius 2 is 1.50 bits per heavy atom. The minimum absolute atomic E-state index is 0. The number of hydrogen-bond acceptors (Lipinski definition) is 2. The van der Waals surface area contributed by atoms with E-state index in [2.05, 4.69) is 18.1 Å². The van der Waals surface area contributed by atoms with Crippen LogP contribution in [0.3, 0.4) is 0 Å². The molecule has 0 atom stereocenters. The molecule has 6 heteroatoms. The Morgan fingerprint density at radius 3 is 1.50 bits per heavy atom. The van der Waals surface area contributed by atoms with Gasteiger partial charge in [-0.15, -0.1) is 0 Å². The number of rotatable bonds is 0. The van der Waals surface area contributed by atoms with Crippen molar-refractivity contribution >= 4 is 20.2 Å². The molecule has 0 unspecified atom stereocenters.